The first-order chi connectivity index (χ1) is 15.7. The van der Waals surface area contributed by atoms with Crippen molar-refractivity contribution in [3.8, 4) is 17.2 Å². The molecule has 3 rings (SSSR count). The van der Waals surface area contributed by atoms with E-state index < -0.39 is 29.6 Å². The molecular weight excluding hydrogens is 430 g/mol. The topological polar surface area (TPSA) is 120 Å². The van der Waals surface area contributed by atoms with Crippen molar-refractivity contribution in [1.29, 1.82) is 0 Å². The molecule has 9 nitrogen and oxygen atoms in total. The number of rotatable bonds is 6. The van der Waals surface area contributed by atoms with Crippen molar-refractivity contribution < 1.29 is 38.4 Å². The van der Waals surface area contributed by atoms with Gasteiger partial charge in [0, 0.05) is 22.9 Å². The van der Waals surface area contributed by atoms with E-state index in [0.717, 1.165) is 0 Å². The summed E-state index contributed by atoms with van der Waals surface area (Å²) < 4.78 is 20.8. The van der Waals surface area contributed by atoms with E-state index in [1.807, 2.05) is 6.92 Å². The normalized spacial score (nSPS) is 22.4. The molecule has 1 aromatic carbocycles. The second kappa shape index (κ2) is 9.56. The van der Waals surface area contributed by atoms with E-state index in [1.165, 1.54) is 21.3 Å². The number of aromatic hydroxyl groups is 1. The van der Waals surface area contributed by atoms with E-state index >= 15 is 0 Å². The Hall–Kier alpha value is -3.49. The number of phenolic OH excluding ortho intramolecular Hbond substituents is 1. The summed E-state index contributed by atoms with van der Waals surface area (Å²) in [5.41, 5.74) is 2.17. The molecule has 178 valence electrons. The van der Waals surface area contributed by atoms with Crippen LogP contribution in [0.2, 0.25) is 0 Å². The van der Waals surface area contributed by atoms with E-state index in [4.69, 9.17) is 18.9 Å². The smallest absolute Gasteiger partial charge is 0.336 e. The molecule has 0 bridgehead atoms. The third-order valence-corrected chi connectivity index (χ3v) is 6.07. The predicted octanol–water partition coefficient (Wildman–Crippen LogP) is 2.59. The lowest BCUT2D eigenvalue weighted by Gasteiger charge is -2.38. The number of phenols is 1. The van der Waals surface area contributed by atoms with Gasteiger partial charge >= 0.3 is 11.9 Å². The second-order valence-electron chi connectivity index (χ2n) is 8.03. The minimum Gasteiger partial charge on any atom is -0.502 e. The average Bonchev–Trinajstić information content (AvgIpc) is 2.78. The molecule has 0 spiro atoms. The summed E-state index contributed by atoms with van der Waals surface area (Å²) >= 11 is 0. The van der Waals surface area contributed by atoms with Gasteiger partial charge in [-0.1, -0.05) is 6.92 Å². The Kier molecular flexibility index (Phi) is 7.00. The number of carbonyl (C=O) groups excluding carboxylic acids is 3. The monoisotopic (exact) mass is 459 g/mol. The molecule has 2 N–H and O–H groups in total. The van der Waals surface area contributed by atoms with Gasteiger partial charge < -0.3 is 29.4 Å². The quantitative estimate of drug-likeness (QED) is 0.488. The zero-order valence-electron chi connectivity index (χ0n) is 19.6. The number of allylic oxidation sites excluding steroid dienone is 3. The molecule has 33 heavy (non-hydrogen) atoms. The van der Waals surface area contributed by atoms with Crippen LogP contribution in [0.5, 0.6) is 17.2 Å². The molecule has 0 fully saturated rings. The van der Waals surface area contributed by atoms with E-state index in [0.29, 0.717) is 23.4 Å². The Morgan fingerprint density at radius 3 is 2.27 bits per heavy atom. The predicted molar refractivity (Wildman–Crippen MR) is 118 cm³/mol. The number of dihydropyridines is 1. The summed E-state index contributed by atoms with van der Waals surface area (Å²) in [4.78, 5) is 39.2. The minimum atomic E-state index is -0.999. The molecule has 0 amide bonds. The number of carbonyl (C=O) groups is 3. The standard InChI is InChI=1S/C24H29NO8/c1-7-33-24(29)18-12(3)25-14-8-11(2)17(23(28)32-6)22(27)20(14)19(18)13-9-15(30-4)21(26)16(10-13)31-5/h9-11,17,19,25-26H,7-8H2,1-6H3/t11-,17-,19-/m1/s1. The molecule has 9 heteroatoms. The molecule has 0 radical (unpaired) electrons. The van der Waals surface area contributed by atoms with E-state index in [2.05, 4.69) is 5.32 Å². The number of methoxy groups -OCH3 is 3. The Morgan fingerprint density at radius 1 is 1.15 bits per heavy atom. The fraction of sp³-hybridized carbons (Fsp3) is 0.458. The SMILES string of the molecule is CCOC(=O)C1=C(C)NC2=C(C(=O)[C@H](C(=O)OC)[C@H](C)C2)[C@@H]1c1cc(OC)c(O)c(OC)c1. The van der Waals surface area contributed by atoms with Gasteiger partial charge in [-0.3, -0.25) is 9.59 Å². The zero-order chi connectivity index (χ0) is 24.4. The van der Waals surface area contributed by atoms with Gasteiger partial charge in [0.05, 0.1) is 33.5 Å². The maximum Gasteiger partial charge on any atom is 0.336 e. The third-order valence-electron chi connectivity index (χ3n) is 6.07. The lowest BCUT2D eigenvalue weighted by molar-refractivity contribution is -0.151. The third kappa shape index (κ3) is 4.15. The van der Waals surface area contributed by atoms with Gasteiger partial charge in [-0.15, -0.1) is 0 Å². The van der Waals surface area contributed by atoms with Crippen LogP contribution in [0.3, 0.4) is 0 Å². The van der Waals surface area contributed by atoms with Gasteiger partial charge in [0.2, 0.25) is 5.75 Å². The number of hydrogen-bond donors (Lipinski definition) is 2. The summed E-state index contributed by atoms with van der Waals surface area (Å²) in [6, 6.07) is 3.09. The van der Waals surface area contributed by atoms with E-state index in [1.54, 1.807) is 26.0 Å². The van der Waals surface area contributed by atoms with Crippen LogP contribution in [0.25, 0.3) is 0 Å². The van der Waals surface area contributed by atoms with Crippen LogP contribution in [0.15, 0.2) is 34.7 Å². The molecular formula is C24H29NO8. The molecule has 1 aromatic rings. The summed E-state index contributed by atoms with van der Waals surface area (Å²) in [7, 11) is 4.02. The van der Waals surface area contributed by atoms with Crippen molar-refractivity contribution in [3.05, 3.63) is 40.2 Å². The number of Topliss-reactive ketones (excluding diaryl/α,β-unsaturated/α-hetero) is 1. The highest BCUT2D eigenvalue weighted by Gasteiger charge is 2.47. The first-order valence-corrected chi connectivity index (χ1v) is 10.6. The highest BCUT2D eigenvalue weighted by molar-refractivity contribution is 6.12. The van der Waals surface area contributed by atoms with Crippen molar-refractivity contribution in [2.24, 2.45) is 11.8 Å². The van der Waals surface area contributed by atoms with Crippen molar-refractivity contribution in [3.63, 3.8) is 0 Å². The molecule has 3 atom stereocenters. The van der Waals surface area contributed by atoms with Crippen LogP contribution in [0.1, 0.15) is 38.7 Å². The van der Waals surface area contributed by atoms with Crippen molar-refractivity contribution in [2.75, 3.05) is 27.9 Å². The largest absolute Gasteiger partial charge is 0.502 e. The van der Waals surface area contributed by atoms with Crippen molar-refractivity contribution >= 4 is 17.7 Å². The number of hydrogen-bond acceptors (Lipinski definition) is 9. The number of esters is 2. The highest BCUT2D eigenvalue weighted by Crippen LogP contribution is 2.48. The average molecular weight is 459 g/mol. The maximum absolute atomic E-state index is 13.7. The molecule has 0 saturated heterocycles. The van der Waals surface area contributed by atoms with Gasteiger partial charge in [0.15, 0.2) is 17.3 Å². The first kappa shape index (κ1) is 24.2. The molecule has 1 aliphatic carbocycles. The molecule has 0 aromatic heterocycles. The number of benzene rings is 1. The van der Waals surface area contributed by atoms with Crippen LogP contribution < -0.4 is 14.8 Å². The Morgan fingerprint density at radius 2 is 1.76 bits per heavy atom. The number of ether oxygens (including phenoxy) is 4. The van der Waals surface area contributed by atoms with E-state index in [9.17, 15) is 19.5 Å². The maximum atomic E-state index is 13.7. The number of nitrogens with one attached hydrogen (secondary N) is 1. The van der Waals surface area contributed by atoms with Crippen LogP contribution in [-0.2, 0) is 23.9 Å². The van der Waals surface area contributed by atoms with Crippen molar-refractivity contribution in [2.45, 2.75) is 33.1 Å². The Bertz CT molecular complexity index is 1030. The molecule has 0 saturated carbocycles. The molecule has 0 unspecified atom stereocenters. The van der Waals surface area contributed by atoms with Gasteiger partial charge in [0.1, 0.15) is 5.92 Å². The summed E-state index contributed by atoms with van der Waals surface area (Å²) in [5, 5.41) is 13.6. The summed E-state index contributed by atoms with van der Waals surface area (Å²) in [6.45, 7) is 5.38. The Balaban J connectivity index is 2.28. The number of ketones is 1. The molecule has 2 aliphatic rings. The minimum absolute atomic E-state index is 0.118. The van der Waals surface area contributed by atoms with Crippen LogP contribution in [0, 0.1) is 11.8 Å². The van der Waals surface area contributed by atoms with Crippen molar-refractivity contribution in [1.82, 2.24) is 5.32 Å². The van der Waals surface area contributed by atoms with Gasteiger partial charge in [-0.2, -0.15) is 0 Å². The van der Waals surface area contributed by atoms with Crippen LogP contribution in [-0.4, -0.2) is 50.8 Å². The Labute approximate surface area is 192 Å². The fourth-order valence-corrected chi connectivity index (χ4v) is 4.57. The lowest BCUT2D eigenvalue weighted by atomic mass is 9.69. The fourth-order valence-electron chi connectivity index (χ4n) is 4.57. The second-order valence-corrected chi connectivity index (χ2v) is 8.03. The van der Waals surface area contributed by atoms with Gasteiger partial charge in [-0.05, 0) is 43.9 Å². The van der Waals surface area contributed by atoms with Gasteiger partial charge in [-0.25, -0.2) is 4.79 Å². The molecule has 1 aliphatic heterocycles. The highest BCUT2D eigenvalue weighted by atomic mass is 16.5. The lowest BCUT2D eigenvalue weighted by Crippen LogP contribution is -2.43. The summed E-state index contributed by atoms with van der Waals surface area (Å²) in [5.74, 6) is -3.77. The summed E-state index contributed by atoms with van der Waals surface area (Å²) in [6.07, 6.45) is 0.414. The molecule has 1 heterocycles. The van der Waals surface area contributed by atoms with Crippen LogP contribution >= 0.6 is 0 Å². The first-order valence-electron chi connectivity index (χ1n) is 10.6. The zero-order valence-corrected chi connectivity index (χ0v) is 19.6. The van der Waals surface area contributed by atoms with Crippen LogP contribution in [0.4, 0.5) is 0 Å². The van der Waals surface area contributed by atoms with Gasteiger partial charge in [0.25, 0.3) is 0 Å². The van der Waals surface area contributed by atoms with E-state index in [-0.39, 0.29) is 40.9 Å².